The third-order valence-corrected chi connectivity index (χ3v) is 3.07. The molecule has 1 heterocycles. The number of nitrogens with one attached hydrogen (secondary N) is 1. The van der Waals surface area contributed by atoms with Gasteiger partial charge in [0.25, 0.3) is 0 Å². The number of thioether (sulfide) groups is 1. The van der Waals surface area contributed by atoms with Crippen LogP contribution in [0.3, 0.4) is 0 Å². The van der Waals surface area contributed by atoms with Crippen molar-refractivity contribution in [1.29, 1.82) is 0 Å². The fourth-order valence-corrected chi connectivity index (χ4v) is 2.17. The minimum absolute atomic E-state index is 0.356. The second-order valence-corrected chi connectivity index (χ2v) is 4.30. The molecule has 0 saturated carbocycles. The summed E-state index contributed by atoms with van der Waals surface area (Å²) < 4.78 is 5.14. The summed E-state index contributed by atoms with van der Waals surface area (Å²) in [6, 6.07) is 2.93. The van der Waals surface area contributed by atoms with Crippen molar-refractivity contribution in [3.8, 4) is 0 Å². The highest BCUT2D eigenvalue weighted by molar-refractivity contribution is 7.98. The maximum absolute atomic E-state index is 10.7. The largest absolute Gasteiger partial charge is 0.480 e. The minimum Gasteiger partial charge on any atom is -0.480 e. The number of hydrogen-bond acceptors (Lipinski definition) is 4. The van der Waals surface area contributed by atoms with Gasteiger partial charge >= 0.3 is 5.97 Å². The third kappa shape index (κ3) is 4.15. The van der Waals surface area contributed by atoms with E-state index in [2.05, 4.69) is 5.32 Å². The van der Waals surface area contributed by atoms with Gasteiger partial charge in [-0.1, -0.05) is 0 Å². The molecule has 0 aliphatic heterocycles. The standard InChI is InChI=1S/C9H12ClNO3S/c1-11-7(9(12)13)5-15-4-6-2-3-8(10)14-6/h2-3,7,11H,4-5H2,1H3,(H,12,13). The molecule has 0 aliphatic carbocycles. The molecule has 1 aromatic rings. The van der Waals surface area contributed by atoms with E-state index in [0.717, 1.165) is 5.76 Å². The summed E-state index contributed by atoms with van der Waals surface area (Å²) in [6.45, 7) is 0. The number of aliphatic carboxylic acids is 1. The van der Waals surface area contributed by atoms with Crippen LogP contribution in [0.25, 0.3) is 0 Å². The summed E-state index contributed by atoms with van der Waals surface area (Å²) in [7, 11) is 1.63. The Morgan fingerprint density at radius 1 is 1.73 bits per heavy atom. The molecule has 1 unspecified atom stereocenters. The van der Waals surface area contributed by atoms with Gasteiger partial charge in [0.2, 0.25) is 0 Å². The molecule has 15 heavy (non-hydrogen) atoms. The number of carboxylic acid groups (broad SMARTS) is 1. The van der Waals surface area contributed by atoms with Crippen LogP contribution in [0, 0.1) is 0 Å². The average Bonchev–Trinajstić information content (AvgIpc) is 2.58. The number of hydrogen-bond donors (Lipinski definition) is 2. The van der Waals surface area contributed by atoms with E-state index in [1.165, 1.54) is 11.8 Å². The monoisotopic (exact) mass is 249 g/mol. The molecule has 0 aliphatic rings. The lowest BCUT2D eigenvalue weighted by molar-refractivity contribution is -0.138. The zero-order chi connectivity index (χ0) is 11.3. The van der Waals surface area contributed by atoms with Crippen LogP contribution in [0.1, 0.15) is 5.76 Å². The summed E-state index contributed by atoms with van der Waals surface area (Å²) >= 11 is 7.08. The molecule has 4 nitrogen and oxygen atoms in total. The van der Waals surface area contributed by atoms with Gasteiger partial charge in [-0.2, -0.15) is 11.8 Å². The van der Waals surface area contributed by atoms with Gasteiger partial charge in [-0.15, -0.1) is 0 Å². The van der Waals surface area contributed by atoms with E-state index in [1.54, 1.807) is 19.2 Å². The first-order valence-corrected chi connectivity index (χ1v) is 5.88. The quantitative estimate of drug-likeness (QED) is 0.806. The summed E-state index contributed by atoms with van der Waals surface area (Å²) in [5.74, 6) is 1.02. The van der Waals surface area contributed by atoms with E-state index >= 15 is 0 Å². The lowest BCUT2D eigenvalue weighted by Gasteiger charge is -2.09. The van der Waals surface area contributed by atoms with Crippen molar-refractivity contribution in [2.75, 3.05) is 12.8 Å². The predicted molar refractivity (Wildman–Crippen MR) is 60.4 cm³/mol. The highest BCUT2D eigenvalue weighted by atomic mass is 35.5. The first-order valence-electron chi connectivity index (χ1n) is 4.35. The molecular weight excluding hydrogens is 238 g/mol. The molecule has 0 amide bonds. The first-order chi connectivity index (χ1) is 7.13. The van der Waals surface area contributed by atoms with Crippen molar-refractivity contribution < 1.29 is 14.3 Å². The Bertz CT molecular complexity index is 329. The van der Waals surface area contributed by atoms with Gasteiger partial charge in [-0.05, 0) is 30.8 Å². The SMILES string of the molecule is CNC(CSCc1ccc(Cl)o1)C(=O)O. The van der Waals surface area contributed by atoms with Gasteiger partial charge in [0.15, 0.2) is 5.22 Å². The van der Waals surface area contributed by atoms with E-state index in [4.69, 9.17) is 21.1 Å². The summed E-state index contributed by atoms with van der Waals surface area (Å²) in [5.41, 5.74) is 0. The average molecular weight is 250 g/mol. The summed E-state index contributed by atoms with van der Waals surface area (Å²) in [5, 5.41) is 11.8. The Hall–Kier alpha value is -0.650. The lowest BCUT2D eigenvalue weighted by Crippen LogP contribution is -2.36. The second kappa shape index (κ2) is 6.05. The highest BCUT2D eigenvalue weighted by Gasteiger charge is 2.14. The van der Waals surface area contributed by atoms with Crippen LogP contribution in [-0.2, 0) is 10.5 Å². The van der Waals surface area contributed by atoms with Crippen LogP contribution >= 0.6 is 23.4 Å². The van der Waals surface area contributed by atoms with Crippen molar-refractivity contribution in [2.24, 2.45) is 0 Å². The fraction of sp³-hybridized carbons (Fsp3) is 0.444. The van der Waals surface area contributed by atoms with Gasteiger partial charge < -0.3 is 14.8 Å². The minimum atomic E-state index is -0.845. The highest BCUT2D eigenvalue weighted by Crippen LogP contribution is 2.18. The molecule has 0 spiro atoms. The van der Waals surface area contributed by atoms with E-state index in [-0.39, 0.29) is 0 Å². The zero-order valence-corrected chi connectivity index (χ0v) is 9.77. The Morgan fingerprint density at radius 3 is 2.93 bits per heavy atom. The van der Waals surface area contributed by atoms with E-state index in [9.17, 15) is 4.79 Å². The van der Waals surface area contributed by atoms with Crippen LogP contribution in [0.5, 0.6) is 0 Å². The normalized spacial score (nSPS) is 12.7. The maximum atomic E-state index is 10.7. The molecular formula is C9H12ClNO3S. The topological polar surface area (TPSA) is 62.5 Å². The third-order valence-electron chi connectivity index (χ3n) is 1.80. The Morgan fingerprint density at radius 2 is 2.47 bits per heavy atom. The van der Waals surface area contributed by atoms with Crippen LogP contribution < -0.4 is 5.32 Å². The smallest absolute Gasteiger partial charge is 0.321 e. The molecule has 0 aromatic carbocycles. The summed E-state index contributed by atoms with van der Waals surface area (Å²) in [4.78, 5) is 10.7. The van der Waals surface area contributed by atoms with E-state index in [0.29, 0.717) is 16.7 Å². The molecule has 6 heteroatoms. The number of carboxylic acids is 1. The first kappa shape index (κ1) is 12.4. The summed E-state index contributed by atoms with van der Waals surface area (Å²) in [6.07, 6.45) is 0. The van der Waals surface area contributed by atoms with Crippen LogP contribution in [0.4, 0.5) is 0 Å². The molecule has 0 bridgehead atoms. The molecule has 1 aromatic heterocycles. The molecule has 1 atom stereocenters. The van der Waals surface area contributed by atoms with Crippen LogP contribution in [0.15, 0.2) is 16.5 Å². The fourth-order valence-electron chi connectivity index (χ4n) is 0.985. The number of carbonyl (C=O) groups is 1. The van der Waals surface area contributed by atoms with Crippen molar-refractivity contribution in [2.45, 2.75) is 11.8 Å². The van der Waals surface area contributed by atoms with Crippen molar-refractivity contribution in [3.05, 3.63) is 23.1 Å². The van der Waals surface area contributed by atoms with Crippen LogP contribution in [-0.4, -0.2) is 29.9 Å². The zero-order valence-electron chi connectivity index (χ0n) is 8.20. The van der Waals surface area contributed by atoms with Gasteiger partial charge in [0.1, 0.15) is 11.8 Å². The molecule has 0 radical (unpaired) electrons. The number of likely N-dealkylation sites (N-methyl/N-ethyl adjacent to an activating group) is 1. The van der Waals surface area contributed by atoms with Gasteiger partial charge in [-0.3, -0.25) is 4.79 Å². The maximum Gasteiger partial charge on any atom is 0.321 e. The molecule has 0 saturated heterocycles. The van der Waals surface area contributed by atoms with E-state index < -0.39 is 12.0 Å². The Kier molecular flexibility index (Phi) is 5.01. The Balaban J connectivity index is 2.29. The molecule has 0 fully saturated rings. The number of furan rings is 1. The lowest BCUT2D eigenvalue weighted by atomic mass is 10.3. The van der Waals surface area contributed by atoms with E-state index in [1.807, 2.05) is 0 Å². The van der Waals surface area contributed by atoms with Crippen molar-refractivity contribution >= 4 is 29.3 Å². The van der Waals surface area contributed by atoms with Gasteiger partial charge in [0, 0.05) is 5.75 Å². The Labute approximate surface area is 97.0 Å². The number of rotatable bonds is 6. The number of halogens is 1. The molecule has 1 rings (SSSR count). The molecule has 84 valence electrons. The second-order valence-electron chi connectivity index (χ2n) is 2.90. The van der Waals surface area contributed by atoms with Gasteiger partial charge in [-0.25, -0.2) is 0 Å². The van der Waals surface area contributed by atoms with Crippen molar-refractivity contribution in [3.63, 3.8) is 0 Å². The van der Waals surface area contributed by atoms with Crippen LogP contribution in [0.2, 0.25) is 5.22 Å². The predicted octanol–water partition coefficient (Wildman–Crippen LogP) is 1.84. The molecule has 2 N–H and O–H groups in total. The van der Waals surface area contributed by atoms with Crippen molar-refractivity contribution in [1.82, 2.24) is 5.32 Å². The van der Waals surface area contributed by atoms with Gasteiger partial charge in [0.05, 0.1) is 5.75 Å².